The number of nitrogens with zero attached hydrogens (tertiary/aromatic N) is 2. The zero-order valence-corrected chi connectivity index (χ0v) is 18.4. The smallest absolute Gasteiger partial charge is 0.205 e. The Labute approximate surface area is 174 Å². The quantitative estimate of drug-likeness (QED) is 0.777. The van der Waals surface area contributed by atoms with Crippen LogP contribution in [0.2, 0.25) is 0 Å². The number of rotatable bonds is 3. The van der Waals surface area contributed by atoms with Gasteiger partial charge in [0.2, 0.25) is 5.78 Å². The fourth-order valence-electron chi connectivity index (χ4n) is 5.05. The number of hydrogen-bond donors (Lipinski definition) is 0. The van der Waals surface area contributed by atoms with Crippen LogP contribution in [0.1, 0.15) is 34.6 Å². The monoisotopic (exact) mass is 396 g/mol. The van der Waals surface area contributed by atoms with Crippen molar-refractivity contribution in [2.75, 3.05) is 38.2 Å². The minimum atomic E-state index is -0.748. The van der Waals surface area contributed by atoms with E-state index in [-0.39, 0.29) is 17.7 Å². The van der Waals surface area contributed by atoms with Crippen molar-refractivity contribution in [2.45, 2.75) is 46.3 Å². The molecule has 5 nitrogen and oxygen atoms in total. The van der Waals surface area contributed by atoms with Crippen molar-refractivity contribution in [3.05, 3.63) is 46.7 Å². The summed E-state index contributed by atoms with van der Waals surface area (Å²) in [5.41, 5.74) is 3.85. The summed E-state index contributed by atoms with van der Waals surface area (Å²) in [6.07, 6.45) is 0. The number of carbonyl (C=O) groups excluding carboxylic acids is 1. The summed E-state index contributed by atoms with van der Waals surface area (Å²) in [7, 11) is 1.69. The first-order valence-corrected chi connectivity index (χ1v) is 10.5. The van der Waals surface area contributed by atoms with Crippen molar-refractivity contribution in [3.63, 3.8) is 0 Å². The van der Waals surface area contributed by atoms with Gasteiger partial charge in [-0.15, -0.1) is 0 Å². The zero-order chi connectivity index (χ0) is 20.9. The summed E-state index contributed by atoms with van der Waals surface area (Å²) in [4.78, 5) is 18.0. The molecule has 1 aliphatic carbocycles. The molecule has 0 saturated carbocycles. The Morgan fingerprint density at radius 1 is 1.07 bits per heavy atom. The first kappa shape index (κ1) is 20.0. The molecule has 2 aliphatic heterocycles. The van der Waals surface area contributed by atoms with Crippen molar-refractivity contribution in [3.8, 4) is 5.75 Å². The highest BCUT2D eigenvalue weighted by atomic mass is 16.5. The van der Waals surface area contributed by atoms with E-state index in [1.54, 1.807) is 7.11 Å². The third-order valence-corrected chi connectivity index (χ3v) is 6.84. The van der Waals surface area contributed by atoms with Crippen LogP contribution < -0.4 is 9.64 Å². The van der Waals surface area contributed by atoms with Gasteiger partial charge in [-0.05, 0) is 63.1 Å². The maximum atomic E-state index is 13.0. The number of piperazine rings is 1. The standard InChI is InChI=1S/C24H32N2O3/c1-15-16(2)22-20(23(27)24(4,5)29-22)17(3)21(15)26-13-11-25(12-14-26)18-7-9-19(28-6)10-8-18/h7-10,17,21H,11-14H2,1-6H3. The van der Waals surface area contributed by atoms with E-state index in [4.69, 9.17) is 9.47 Å². The van der Waals surface area contributed by atoms with Crippen molar-refractivity contribution in [1.29, 1.82) is 0 Å². The Morgan fingerprint density at radius 2 is 1.69 bits per heavy atom. The van der Waals surface area contributed by atoms with Gasteiger partial charge in [-0.2, -0.15) is 0 Å². The fourth-order valence-corrected chi connectivity index (χ4v) is 5.05. The molecular weight excluding hydrogens is 364 g/mol. The number of Topliss-reactive ketones (excluding diaryl/α,β-unsaturated/α-hetero) is 1. The highest BCUT2D eigenvalue weighted by Crippen LogP contribution is 2.45. The molecule has 156 valence electrons. The molecule has 0 aromatic heterocycles. The summed E-state index contributed by atoms with van der Waals surface area (Å²) in [6.45, 7) is 14.2. The van der Waals surface area contributed by atoms with E-state index in [1.807, 2.05) is 26.0 Å². The molecule has 0 amide bonds. The van der Waals surface area contributed by atoms with Gasteiger partial charge < -0.3 is 14.4 Å². The topological polar surface area (TPSA) is 42.0 Å². The molecule has 1 aromatic rings. The third kappa shape index (κ3) is 3.25. The zero-order valence-electron chi connectivity index (χ0n) is 18.4. The minimum absolute atomic E-state index is 0.147. The molecule has 0 spiro atoms. The van der Waals surface area contributed by atoms with Crippen molar-refractivity contribution in [1.82, 2.24) is 4.90 Å². The molecule has 0 N–H and O–H groups in total. The van der Waals surface area contributed by atoms with Crippen molar-refractivity contribution in [2.24, 2.45) is 5.92 Å². The van der Waals surface area contributed by atoms with Crippen LogP contribution in [0.25, 0.3) is 0 Å². The number of allylic oxidation sites excluding steroid dienone is 1. The van der Waals surface area contributed by atoms with Gasteiger partial charge in [0.05, 0.1) is 7.11 Å². The molecule has 1 saturated heterocycles. The second kappa shape index (κ2) is 7.21. The summed E-state index contributed by atoms with van der Waals surface area (Å²) in [6, 6.07) is 8.54. The predicted molar refractivity (Wildman–Crippen MR) is 115 cm³/mol. The van der Waals surface area contributed by atoms with Crippen LogP contribution in [-0.2, 0) is 9.53 Å². The van der Waals surface area contributed by atoms with Gasteiger partial charge in [0.25, 0.3) is 0 Å². The van der Waals surface area contributed by atoms with Gasteiger partial charge >= 0.3 is 0 Å². The molecule has 2 unspecified atom stereocenters. The third-order valence-electron chi connectivity index (χ3n) is 6.84. The van der Waals surface area contributed by atoms with Crippen LogP contribution in [0.15, 0.2) is 46.7 Å². The van der Waals surface area contributed by atoms with Crippen LogP contribution in [0.4, 0.5) is 5.69 Å². The van der Waals surface area contributed by atoms with E-state index in [9.17, 15) is 4.79 Å². The van der Waals surface area contributed by atoms with Gasteiger partial charge in [0.15, 0.2) is 5.60 Å². The van der Waals surface area contributed by atoms with Gasteiger partial charge in [0, 0.05) is 49.4 Å². The lowest BCUT2D eigenvalue weighted by molar-refractivity contribution is -0.127. The average molecular weight is 397 g/mol. The van der Waals surface area contributed by atoms with Crippen LogP contribution in [0.3, 0.4) is 0 Å². The van der Waals surface area contributed by atoms with Gasteiger partial charge in [-0.1, -0.05) is 6.92 Å². The maximum Gasteiger partial charge on any atom is 0.205 e. The molecule has 1 aromatic carbocycles. The maximum absolute atomic E-state index is 13.0. The molecule has 0 bridgehead atoms. The molecule has 4 rings (SSSR count). The molecule has 3 aliphatic rings. The number of benzene rings is 1. The Hall–Kier alpha value is -2.27. The summed E-state index contributed by atoms with van der Waals surface area (Å²) >= 11 is 0. The summed E-state index contributed by atoms with van der Waals surface area (Å²) in [5, 5.41) is 0. The van der Waals surface area contributed by atoms with Crippen LogP contribution in [-0.4, -0.2) is 55.6 Å². The predicted octanol–water partition coefficient (Wildman–Crippen LogP) is 3.80. The SMILES string of the molecule is COc1ccc(N2CCN(C3C(C)=C(C)C4=C(C(=O)C(C)(C)O4)C3C)CC2)cc1. The second-order valence-corrected chi connectivity index (χ2v) is 8.95. The Kier molecular flexibility index (Phi) is 4.97. The number of hydrogen-bond acceptors (Lipinski definition) is 5. The van der Waals surface area contributed by atoms with Gasteiger partial charge in [-0.25, -0.2) is 0 Å². The van der Waals surface area contributed by atoms with E-state index in [1.165, 1.54) is 11.3 Å². The Morgan fingerprint density at radius 3 is 2.28 bits per heavy atom. The average Bonchev–Trinajstić information content (AvgIpc) is 2.97. The fraction of sp³-hybridized carbons (Fsp3) is 0.542. The molecule has 1 fully saturated rings. The van der Waals surface area contributed by atoms with Crippen LogP contribution in [0, 0.1) is 5.92 Å². The van der Waals surface area contributed by atoms with Crippen molar-refractivity contribution >= 4 is 11.5 Å². The first-order valence-electron chi connectivity index (χ1n) is 10.5. The number of carbonyl (C=O) groups is 1. The lowest BCUT2D eigenvalue weighted by Crippen LogP contribution is -2.53. The number of methoxy groups -OCH3 is 1. The van der Waals surface area contributed by atoms with E-state index in [0.717, 1.165) is 48.8 Å². The van der Waals surface area contributed by atoms with Gasteiger partial charge in [-0.3, -0.25) is 9.69 Å². The first-order chi connectivity index (χ1) is 13.7. The van der Waals surface area contributed by atoms with Crippen LogP contribution in [0.5, 0.6) is 5.75 Å². The molecule has 29 heavy (non-hydrogen) atoms. The van der Waals surface area contributed by atoms with E-state index in [2.05, 4.69) is 42.7 Å². The molecule has 0 radical (unpaired) electrons. The van der Waals surface area contributed by atoms with E-state index in [0.29, 0.717) is 0 Å². The van der Waals surface area contributed by atoms with E-state index < -0.39 is 5.60 Å². The Bertz CT molecular complexity index is 874. The van der Waals surface area contributed by atoms with Crippen molar-refractivity contribution < 1.29 is 14.3 Å². The highest BCUT2D eigenvalue weighted by molar-refractivity contribution is 6.05. The minimum Gasteiger partial charge on any atom is -0.497 e. The second-order valence-electron chi connectivity index (χ2n) is 8.95. The lowest BCUT2D eigenvalue weighted by Gasteiger charge is -2.44. The largest absolute Gasteiger partial charge is 0.497 e. The number of anilines is 1. The number of ketones is 1. The lowest BCUT2D eigenvalue weighted by atomic mass is 9.77. The summed E-state index contributed by atoms with van der Waals surface area (Å²) in [5.74, 6) is 2.01. The number of ether oxygens (including phenoxy) is 2. The summed E-state index contributed by atoms with van der Waals surface area (Å²) < 4.78 is 11.4. The highest BCUT2D eigenvalue weighted by Gasteiger charge is 2.49. The molecule has 2 atom stereocenters. The van der Waals surface area contributed by atoms with Gasteiger partial charge in [0.1, 0.15) is 11.5 Å². The molecule has 2 heterocycles. The van der Waals surface area contributed by atoms with Crippen LogP contribution >= 0.6 is 0 Å². The molecular formula is C24H32N2O3. The van der Waals surface area contributed by atoms with E-state index >= 15 is 0 Å². The normalized spacial score (nSPS) is 27.2. The Balaban J connectivity index is 1.51. The molecule has 5 heteroatoms.